The minimum Gasteiger partial charge on any atom is -0.497 e. The van der Waals surface area contributed by atoms with E-state index in [4.69, 9.17) is 15.2 Å². The van der Waals surface area contributed by atoms with Crippen LogP contribution in [0, 0.1) is 0 Å². The second kappa shape index (κ2) is 3.31. The Labute approximate surface area is 81.6 Å². The van der Waals surface area contributed by atoms with Gasteiger partial charge in [-0.15, -0.1) is 0 Å². The summed E-state index contributed by atoms with van der Waals surface area (Å²) in [6, 6.07) is 7.39. The van der Waals surface area contributed by atoms with Crippen molar-refractivity contribution in [3.05, 3.63) is 29.8 Å². The molecule has 1 aliphatic rings. The zero-order chi connectivity index (χ0) is 10.1. The Bertz CT molecular complexity index is 347. The number of methoxy groups -OCH3 is 1. The van der Waals surface area contributed by atoms with Crippen LogP contribution < -0.4 is 10.5 Å². The zero-order valence-corrected chi connectivity index (χ0v) is 7.77. The molecule has 1 fully saturated rings. The number of carbonyl (C=O) groups is 1. The van der Waals surface area contributed by atoms with Gasteiger partial charge in [-0.3, -0.25) is 4.79 Å². The van der Waals surface area contributed by atoms with Crippen molar-refractivity contribution in [1.29, 1.82) is 0 Å². The van der Waals surface area contributed by atoms with Crippen LogP contribution in [0.25, 0.3) is 0 Å². The first-order valence-corrected chi connectivity index (χ1v) is 4.31. The second-order valence-corrected chi connectivity index (χ2v) is 3.15. The van der Waals surface area contributed by atoms with E-state index in [-0.39, 0.29) is 6.10 Å². The first-order chi connectivity index (χ1) is 6.72. The first-order valence-electron chi connectivity index (χ1n) is 4.31. The molecule has 0 spiro atoms. The SMILES string of the molecule is COc1ccc(C2O[C@H]2C(N)=O)cc1. The van der Waals surface area contributed by atoms with Crippen molar-refractivity contribution in [3.8, 4) is 5.75 Å². The van der Waals surface area contributed by atoms with E-state index in [2.05, 4.69) is 0 Å². The van der Waals surface area contributed by atoms with E-state index >= 15 is 0 Å². The van der Waals surface area contributed by atoms with E-state index in [1.54, 1.807) is 7.11 Å². The number of ether oxygens (including phenoxy) is 2. The molecular weight excluding hydrogens is 182 g/mol. The number of benzene rings is 1. The van der Waals surface area contributed by atoms with Gasteiger partial charge in [0.15, 0.2) is 6.10 Å². The predicted molar refractivity (Wildman–Crippen MR) is 49.8 cm³/mol. The minimum absolute atomic E-state index is 0.168. The fourth-order valence-corrected chi connectivity index (χ4v) is 1.38. The third-order valence-electron chi connectivity index (χ3n) is 2.22. The molecule has 1 aromatic carbocycles. The summed E-state index contributed by atoms with van der Waals surface area (Å²) < 4.78 is 10.1. The molecule has 4 nitrogen and oxygen atoms in total. The Balaban J connectivity index is 2.08. The molecule has 74 valence electrons. The zero-order valence-electron chi connectivity index (χ0n) is 7.77. The first kappa shape index (κ1) is 9.02. The highest BCUT2D eigenvalue weighted by Crippen LogP contribution is 2.38. The second-order valence-electron chi connectivity index (χ2n) is 3.15. The van der Waals surface area contributed by atoms with Crippen LogP contribution in [0.2, 0.25) is 0 Å². The Morgan fingerprint density at radius 1 is 1.43 bits per heavy atom. The number of carbonyl (C=O) groups excluding carboxylic acids is 1. The van der Waals surface area contributed by atoms with Crippen LogP contribution >= 0.6 is 0 Å². The van der Waals surface area contributed by atoms with Crippen molar-refractivity contribution in [1.82, 2.24) is 0 Å². The quantitative estimate of drug-likeness (QED) is 0.715. The van der Waals surface area contributed by atoms with E-state index in [1.165, 1.54) is 0 Å². The molecule has 0 aromatic heterocycles. The summed E-state index contributed by atoms with van der Waals surface area (Å²) in [4.78, 5) is 10.7. The molecule has 0 aliphatic carbocycles. The number of amides is 1. The van der Waals surface area contributed by atoms with Crippen molar-refractivity contribution in [2.45, 2.75) is 12.2 Å². The van der Waals surface area contributed by atoms with Gasteiger partial charge in [0.25, 0.3) is 0 Å². The standard InChI is InChI=1S/C10H11NO3/c1-13-7-4-2-6(3-5-7)8-9(14-8)10(11)12/h2-5,8-9H,1H3,(H2,11,12)/t8?,9-/m1/s1. The normalized spacial score (nSPS) is 24.4. The summed E-state index contributed by atoms with van der Waals surface area (Å²) in [5.41, 5.74) is 6.05. The van der Waals surface area contributed by atoms with Gasteiger partial charge in [0.1, 0.15) is 11.9 Å². The highest BCUT2D eigenvalue weighted by atomic mass is 16.6. The van der Waals surface area contributed by atoms with Gasteiger partial charge in [-0.05, 0) is 17.7 Å². The van der Waals surface area contributed by atoms with Crippen molar-refractivity contribution >= 4 is 5.91 Å². The summed E-state index contributed by atoms with van der Waals surface area (Å²) >= 11 is 0. The summed E-state index contributed by atoms with van der Waals surface area (Å²) in [6.07, 6.45) is -0.623. The van der Waals surface area contributed by atoms with Gasteiger partial charge in [-0.25, -0.2) is 0 Å². The monoisotopic (exact) mass is 193 g/mol. The van der Waals surface area contributed by atoms with Crippen LogP contribution in [0.4, 0.5) is 0 Å². The Kier molecular flexibility index (Phi) is 2.13. The molecule has 1 aromatic rings. The number of hydrogen-bond donors (Lipinski definition) is 1. The number of rotatable bonds is 3. The lowest BCUT2D eigenvalue weighted by Crippen LogP contribution is -2.18. The summed E-state index contributed by atoms with van der Waals surface area (Å²) in [7, 11) is 1.61. The highest BCUT2D eigenvalue weighted by Gasteiger charge is 2.44. The fourth-order valence-electron chi connectivity index (χ4n) is 1.38. The molecular formula is C10H11NO3. The molecule has 4 heteroatoms. The van der Waals surface area contributed by atoms with Crippen LogP contribution in [0.15, 0.2) is 24.3 Å². The maximum Gasteiger partial charge on any atom is 0.249 e. The topological polar surface area (TPSA) is 64.8 Å². The van der Waals surface area contributed by atoms with Gasteiger partial charge in [0.2, 0.25) is 5.91 Å². The fraction of sp³-hybridized carbons (Fsp3) is 0.300. The summed E-state index contributed by atoms with van der Waals surface area (Å²) in [5.74, 6) is 0.371. The van der Waals surface area contributed by atoms with Crippen LogP contribution in [0.1, 0.15) is 11.7 Å². The van der Waals surface area contributed by atoms with Gasteiger partial charge in [-0.1, -0.05) is 12.1 Å². The number of hydrogen-bond acceptors (Lipinski definition) is 3. The summed E-state index contributed by atoms with van der Waals surface area (Å²) in [6.45, 7) is 0. The smallest absolute Gasteiger partial charge is 0.249 e. The molecule has 2 rings (SSSR count). The molecule has 0 radical (unpaired) electrons. The van der Waals surface area contributed by atoms with E-state index < -0.39 is 12.0 Å². The molecule has 1 heterocycles. The highest BCUT2D eigenvalue weighted by molar-refractivity contribution is 5.82. The van der Waals surface area contributed by atoms with Crippen molar-refractivity contribution in [3.63, 3.8) is 0 Å². The van der Waals surface area contributed by atoms with Crippen molar-refractivity contribution in [2.24, 2.45) is 5.73 Å². The number of nitrogens with two attached hydrogens (primary N) is 1. The molecule has 14 heavy (non-hydrogen) atoms. The maximum absolute atomic E-state index is 10.7. The lowest BCUT2D eigenvalue weighted by Gasteiger charge is -1.99. The third-order valence-corrected chi connectivity index (χ3v) is 2.22. The van der Waals surface area contributed by atoms with Crippen molar-refractivity contribution < 1.29 is 14.3 Å². The molecule has 0 bridgehead atoms. The lowest BCUT2D eigenvalue weighted by atomic mass is 10.1. The van der Waals surface area contributed by atoms with Crippen molar-refractivity contribution in [2.75, 3.05) is 7.11 Å². The Hall–Kier alpha value is -1.55. The molecule has 2 atom stereocenters. The summed E-state index contributed by atoms with van der Waals surface area (Å²) in [5, 5.41) is 0. The molecule has 1 unspecified atom stereocenters. The molecule has 2 N–H and O–H groups in total. The number of epoxide rings is 1. The molecule has 0 saturated carbocycles. The Morgan fingerprint density at radius 2 is 2.07 bits per heavy atom. The molecule has 1 aliphatic heterocycles. The van der Waals surface area contributed by atoms with E-state index in [0.29, 0.717) is 0 Å². The maximum atomic E-state index is 10.7. The van der Waals surface area contributed by atoms with Crippen LogP contribution in [-0.2, 0) is 9.53 Å². The third kappa shape index (κ3) is 1.56. The van der Waals surface area contributed by atoms with Crippen LogP contribution in [0.3, 0.4) is 0 Å². The lowest BCUT2D eigenvalue weighted by molar-refractivity contribution is -0.119. The molecule has 1 saturated heterocycles. The largest absolute Gasteiger partial charge is 0.497 e. The van der Waals surface area contributed by atoms with Gasteiger partial charge >= 0.3 is 0 Å². The number of primary amides is 1. The van der Waals surface area contributed by atoms with Gasteiger partial charge < -0.3 is 15.2 Å². The molecule has 1 amide bonds. The Morgan fingerprint density at radius 3 is 2.50 bits per heavy atom. The van der Waals surface area contributed by atoms with Gasteiger partial charge in [0, 0.05) is 0 Å². The van der Waals surface area contributed by atoms with Gasteiger partial charge in [-0.2, -0.15) is 0 Å². The van der Waals surface area contributed by atoms with E-state index in [0.717, 1.165) is 11.3 Å². The van der Waals surface area contributed by atoms with Gasteiger partial charge in [0.05, 0.1) is 7.11 Å². The van der Waals surface area contributed by atoms with Crippen LogP contribution in [0.5, 0.6) is 5.75 Å². The predicted octanol–water partition coefficient (Wildman–Crippen LogP) is 0.620. The van der Waals surface area contributed by atoms with E-state index in [1.807, 2.05) is 24.3 Å². The minimum atomic E-state index is -0.455. The van der Waals surface area contributed by atoms with E-state index in [9.17, 15) is 4.79 Å². The average molecular weight is 193 g/mol. The average Bonchev–Trinajstić information content (AvgIpc) is 2.97. The van der Waals surface area contributed by atoms with Crippen LogP contribution in [-0.4, -0.2) is 19.1 Å².